The van der Waals surface area contributed by atoms with Gasteiger partial charge in [-0.1, -0.05) is 13.8 Å². The molecule has 0 saturated carbocycles. The standard InChI is InChI=1S/C4H13NS/c1-3-6(5)4-2/h5H,3-4,6H2,1-2H3. The molecule has 0 unspecified atom stereocenters. The second kappa shape index (κ2) is 3.34. The summed E-state index contributed by atoms with van der Waals surface area (Å²) in [6, 6.07) is 0. The average molecular weight is 107 g/mol. The van der Waals surface area contributed by atoms with Crippen LogP contribution in [0.1, 0.15) is 13.8 Å². The highest BCUT2D eigenvalue weighted by molar-refractivity contribution is 7.85. The molecule has 0 aromatic heterocycles. The van der Waals surface area contributed by atoms with E-state index in [9.17, 15) is 0 Å². The molecule has 0 amide bonds. The molecule has 0 aromatic rings. The highest BCUT2D eigenvalue weighted by Gasteiger charge is 1.73. The summed E-state index contributed by atoms with van der Waals surface area (Å²) in [6.45, 7) is 4.18. The molecule has 0 aromatic carbocycles. The first-order valence-electron chi connectivity index (χ1n) is 2.37. The van der Waals surface area contributed by atoms with Crippen LogP contribution in [0.3, 0.4) is 0 Å². The summed E-state index contributed by atoms with van der Waals surface area (Å²) in [4.78, 5) is 0. The number of hydrogen-bond acceptors (Lipinski definition) is 1. The van der Waals surface area contributed by atoms with Crippen molar-refractivity contribution in [3.05, 3.63) is 0 Å². The van der Waals surface area contributed by atoms with Crippen LogP contribution in [-0.4, -0.2) is 11.5 Å². The summed E-state index contributed by atoms with van der Waals surface area (Å²) in [6.07, 6.45) is 0. The lowest BCUT2D eigenvalue weighted by Crippen LogP contribution is -1.90. The average Bonchev–Trinajstić information content (AvgIpc) is 1.65. The maximum absolute atomic E-state index is 7.17. The molecule has 0 atom stereocenters. The van der Waals surface area contributed by atoms with Crippen molar-refractivity contribution in [2.75, 3.05) is 11.5 Å². The van der Waals surface area contributed by atoms with Gasteiger partial charge in [0.1, 0.15) is 0 Å². The molecule has 0 aliphatic heterocycles. The molecule has 1 nitrogen and oxygen atoms in total. The van der Waals surface area contributed by atoms with E-state index >= 15 is 0 Å². The Hall–Kier alpha value is 0.150. The Balaban J connectivity index is 2.99. The van der Waals surface area contributed by atoms with E-state index in [4.69, 9.17) is 4.78 Å². The quantitative estimate of drug-likeness (QED) is 0.541. The van der Waals surface area contributed by atoms with Crippen LogP contribution >= 0.6 is 0 Å². The van der Waals surface area contributed by atoms with E-state index in [0.717, 1.165) is 11.5 Å². The van der Waals surface area contributed by atoms with Gasteiger partial charge in [-0.25, -0.2) is 10.7 Å². The monoisotopic (exact) mass is 107 g/mol. The predicted octanol–water partition coefficient (Wildman–Crippen LogP) is 0.871. The van der Waals surface area contributed by atoms with Gasteiger partial charge in [0.25, 0.3) is 0 Å². The fraction of sp³-hybridized carbons (Fsp3) is 1.00. The van der Waals surface area contributed by atoms with E-state index in [0.29, 0.717) is 0 Å². The van der Waals surface area contributed by atoms with E-state index in [1.807, 2.05) is 0 Å². The molecule has 6 heavy (non-hydrogen) atoms. The van der Waals surface area contributed by atoms with Crippen LogP contribution in [0.5, 0.6) is 0 Å². The summed E-state index contributed by atoms with van der Waals surface area (Å²) in [7, 11) is -0.618. The Morgan fingerprint density at radius 2 is 1.67 bits per heavy atom. The van der Waals surface area contributed by atoms with Crippen molar-refractivity contribution in [2.24, 2.45) is 0 Å². The Morgan fingerprint density at radius 3 is 1.67 bits per heavy atom. The minimum atomic E-state index is -0.618. The van der Waals surface area contributed by atoms with Gasteiger partial charge >= 0.3 is 0 Å². The van der Waals surface area contributed by atoms with Gasteiger partial charge in [-0.05, 0) is 11.5 Å². The van der Waals surface area contributed by atoms with Gasteiger partial charge in [0.05, 0.1) is 0 Å². The summed E-state index contributed by atoms with van der Waals surface area (Å²) in [5.74, 6) is 2.20. The van der Waals surface area contributed by atoms with Crippen LogP contribution in [0.15, 0.2) is 0 Å². The molecule has 1 N–H and O–H groups in total. The zero-order valence-electron chi connectivity index (χ0n) is 4.41. The van der Waals surface area contributed by atoms with Crippen LogP contribution in [0.25, 0.3) is 0 Å². The van der Waals surface area contributed by atoms with Gasteiger partial charge in [0.15, 0.2) is 0 Å². The Bertz CT molecular complexity index is 45.5. The molecular weight excluding hydrogens is 94.1 g/mol. The van der Waals surface area contributed by atoms with Crippen molar-refractivity contribution in [2.45, 2.75) is 13.8 Å². The van der Waals surface area contributed by atoms with Crippen molar-refractivity contribution in [1.82, 2.24) is 0 Å². The number of rotatable bonds is 2. The smallest absolute Gasteiger partial charge is 0.0204 e. The first-order valence-corrected chi connectivity index (χ1v) is 4.29. The van der Waals surface area contributed by atoms with Crippen LogP contribution in [0.2, 0.25) is 0 Å². The zero-order chi connectivity index (χ0) is 4.99. The highest BCUT2D eigenvalue weighted by atomic mass is 32.2. The molecule has 0 radical (unpaired) electrons. The fourth-order valence-electron chi connectivity index (χ4n) is 0.250. The van der Waals surface area contributed by atoms with Crippen molar-refractivity contribution in [1.29, 1.82) is 4.78 Å². The molecule has 2 heteroatoms. The molecule has 0 bridgehead atoms. The lowest BCUT2D eigenvalue weighted by Gasteiger charge is -1.94. The van der Waals surface area contributed by atoms with Crippen LogP contribution in [0.4, 0.5) is 0 Å². The summed E-state index contributed by atoms with van der Waals surface area (Å²) in [5, 5.41) is 0. The first kappa shape index (κ1) is 6.15. The van der Waals surface area contributed by atoms with Crippen LogP contribution < -0.4 is 0 Å². The largest absolute Gasteiger partial charge is 0.303 e. The van der Waals surface area contributed by atoms with Gasteiger partial charge in [-0.15, -0.1) is 0 Å². The van der Waals surface area contributed by atoms with Crippen molar-refractivity contribution >= 4 is 10.7 Å². The van der Waals surface area contributed by atoms with Gasteiger partial charge in [0.2, 0.25) is 0 Å². The van der Waals surface area contributed by atoms with Gasteiger partial charge in [0, 0.05) is 0 Å². The normalized spacial score (nSPS) is 11.3. The fourth-order valence-corrected chi connectivity index (χ4v) is 0.750. The SMILES string of the molecule is CC[SH2](=N)CC. The predicted molar refractivity (Wildman–Crippen MR) is 34.0 cm³/mol. The van der Waals surface area contributed by atoms with Crippen LogP contribution in [-0.2, 0) is 10.7 Å². The second-order valence-electron chi connectivity index (χ2n) is 1.31. The third-order valence-electron chi connectivity index (χ3n) is 0.854. The molecular formula is C4H13NS. The maximum atomic E-state index is 7.17. The van der Waals surface area contributed by atoms with Gasteiger partial charge < -0.3 is 4.78 Å². The highest BCUT2D eigenvalue weighted by Crippen LogP contribution is 1.77. The summed E-state index contributed by atoms with van der Waals surface area (Å²) in [5.41, 5.74) is 0. The molecule has 0 aliphatic carbocycles. The Kier molecular flexibility index (Phi) is 3.43. The third kappa shape index (κ3) is 2.39. The Morgan fingerprint density at radius 1 is 1.33 bits per heavy atom. The van der Waals surface area contributed by atoms with Gasteiger partial charge in [-0.2, -0.15) is 0 Å². The van der Waals surface area contributed by atoms with E-state index in [1.165, 1.54) is 0 Å². The summed E-state index contributed by atoms with van der Waals surface area (Å²) < 4.78 is 7.17. The topological polar surface area (TPSA) is 23.9 Å². The zero-order valence-corrected chi connectivity index (χ0v) is 5.41. The minimum absolute atomic E-state index is 0.618. The Labute approximate surface area is 41.7 Å². The van der Waals surface area contributed by atoms with E-state index in [2.05, 4.69) is 13.8 Å². The molecule has 0 heterocycles. The molecule has 40 valence electrons. The minimum Gasteiger partial charge on any atom is -0.303 e. The first-order chi connectivity index (χ1) is 2.81. The van der Waals surface area contributed by atoms with Crippen molar-refractivity contribution < 1.29 is 0 Å². The third-order valence-corrected chi connectivity index (χ3v) is 2.56. The van der Waals surface area contributed by atoms with E-state index in [1.54, 1.807) is 0 Å². The maximum Gasteiger partial charge on any atom is -0.0204 e. The lowest BCUT2D eigenvalue weighted by atomic mass is 11.0. The number of hydrogen-bond donors (Lipinski definition) is 1. The lowest BCUT2D eigenvalue weighted by molar-refractivity contribution is 1.40. The van der Waals surface area contributed by atoms with E-state index in [-0.39, 0.29) is 0 Å². The van der Waals surface area contributed by atoms with E-state index < -0.39 is 10.7 Å². The van der Waals surface area contributed by atoms with Crippen LogP contribution in [0, 0.1) is 4.78 Å². The second-order valence-corrected chi connectivity index (χ2v) is 3.93. The molecule has 0 spiro atoms. The van der Waals surface area contributed by atoms with Crippen molar-refractivity contribution in [3.8, 4) is 0 Å². The molecule has 0 rings (SSSR count). The van der Waals surface area contributed by atoms with Gasteiger partial charge in [-0.3, -0.25) is 0 Å². The van der Waals surface area contributed by atoms with Crippen molar-refractivity contribution in [3.63, 3.8) is 0 Å². The molecule has 0 saturated heterocycles. The molecule has 0 fully saturated rings. The summed E-state index contributed by atoms with van der Waals surface area (Å²) >= 11 is 0. The molecule has 0 aliphatic rings. The number of nitrogens with one attached hydrogen (secondary N) is 1.